The lowest BCUT2D eigenvalue weighted by molar-refractivity contribution is -0.119. The van der Waals surface area contributed by atoms with Gasteiger partial charge in [0.05, 0.1) is 22.8 Å². The summed E-state index contributed by atoms with van der Waals surface area (Å²) in [5.74, 6) is 1.32. The van der Waals surface area contributed by atoms with Gasteiger partial charge in [-0.25, -0.2) is 4.98 Å². The molecule has 0 saturated heterocycles. The summed E-state index contributed by atoms with van der Waals surface area (Å²) >= 11 is 1.55. The fraction of sp³-hybridized carbons (Fsp3) is 0.333. The number of carbonyl (C=O) groups excluding carboxylic acids is 1. The number of benzene rings is 2. The zero-order valence-electron chi connectivity index (χ0n) is 15.7. The van der Waals surface area contributed by atoms with Crippen molar-refractivity contribution < 1.29 is 4.79 Å². The standard InChI is InChI=1S/C21H25N3OS/c1-14(2)24-19-8-6-5-7-18(19)23-21(24)16(4)22-20(25)13-26-17-11-9-15(3)10-12-17/h5-12,14,16H,13H2,1-4H3,(H,22,25)/t16-/m0/s1. The molecule has 0 aliphatic heterocycles. The Balaban J connectivity index is 1.70. The topological polar surface area (TPSA) is 46.9 Å². The van der Waals surface area contributed by atoms with Crippen LogP contribution in [-0.2, 0) is 4.79 Å². The molecular formula is C21H25N3OS. The largest absolute Gasteiger partial charge is 0.346 e. The number of amides is 1. The number of hydrogen-bond acceptors (Lipinski definition) is 3. The molecule has 0 radical (unpaired) electrons. The van der Waals surface area contributed by atoms with Crippen LogP contribution >= 0.6 is 11.8 Å². The summed E-state index contributed by atoms with van der Waals surface area (Å²) in [5, 5.41) is 3.09. The number of imidazole rings is 1. The van der Waals surface area contributed by atoms with Crippen LogP contribution in [0.2, 0.25) is 0 Å². The lowest BCUT2D eigenvalue weighted by atomic mass is 10.2. The van der Waals surface area contributed by atoms with Crippen LogP contribution in [0.3, 0.4) is 0 Å². The molecule has 0 spiro atoms. The molecule has 1 heterocycles. The van der Waals surface area contributed by atoms with Crippen LogP contribution in [0.4, 0.5) is 0 Å². The number of para-hydroxylation sites is 2. The number of nitrogens with one attached hydrogen (secondary N) is 1. The van der Waals surface area contributed by atoms with Gasteiger partial charge in [0.15, 0.2) is 0 Å². The first-order valence-corrected chi connectivity index (χ1v) is 9.90. The average molecular weight is 368 g/mol. The van der Waals surface area contributed by atoms with Crippen LogP contribution in [0.25, 0.3) is 11.0 Å². The molecule has 3 rings (SSSR count). The van der Waals surface area contributed by atoms with E-state index in [4.69, 9.17) is 4.98 Å². The van der Waals surface area contributed by atoms with E-state index in [9.17, 15) is 4.79 Å². The van der Waals surface area contributed by atoms with Crippen molar-refractivity contribution in [3.63, 3.8) is 0 Å². The average Bonchev–Trinajstić information content (AvgIpc) is 3.01. The first kappa shape index (κ1) is 18.5. The molecule has 1 N–H and O–H groups in total. The Bertz CT molecular complexity index is 899. The monoisotopic (exact) mass is 367 g/mol. The maximum absolute atomic E-state index is 12.4. The lowest BCUT2D eigenvalue weighted by Gasteiger charge is -2.18. The number of rotatable bonds is 6. The van der Waals surface area contributed by atoms with Crippen molar-refractivity contribution in [1.82, 2.24) is 14.9 Å². The molecule has 3 aromatic rings. The highest BCUT2D eigenvalue weighted by molar-refractivity contribution is 8.00. The molecule has 0 bridgehead atoms. The van der Waals surface area contributed by atoms with Gasteiger partial charge in [-0.15, -0.1) is 11.8 Å². The van der Waals surface area contributed by atoms with E-state index in [-0.39, 0.29) is 18.0 Å². The minimum absolute atomic E-state index is 0.0189. The van der Waals surface area contributed by atoms with E-state index in [2.05, 4.69) is 61.0 Å². The van der Waals surface area contributed by atoms with E-state index < -0.39 is 0 Å². The smallest absolute Gasteiger partial charge is 0.230 e. The number of fused-ring (bicyclic) bond motifs is 1. The molecule has 5 heteroatoms. The van der Waals surface area contributed by atoms with Gasteiger partial charge in [0.25, 0.3) is 0 Å². The van der Waals surface area contributed by atoms with Gasteiger partial charge in [0.2, 0.25) is 5.91 Å². The molecule has 0 aliphatic rings. The van der Waals surface area contributed by atoms with Crippen molar-refractivity contribution >= 4 is 28.7 Å². The van der Waals surface area contributed by atoms with E-state index in [1.165, 1.54) is 5.56 Å². The fourth-order valence-electron chi connectivity index (χ4n) is 3.04. The Morgan fingerprint density at radius 3 is 2.50 bits per heavy atom. The number of nitrogens with zero attached hydrogens (tertiary/aromatic N) is 2. The molecule has 0 aliphatic carbocycles. The normalized spacial score (nSPS) is 12.5. The molecule has 2 aromatic carbocycles. The van der Waals surface area contributed by atoms with E-state index in [1.807, 2.05) is 25.1 Å². The number of hydrogen-bond donors (Lipinski definition) is 1. The van der Waals surface area contributed by atoms with E-state index >= 15 is 0 Å². The van der Waals surface area contributed by atoms with Crippen molar-refractivity contribution in [3.05, 3.63) is 59.9 Å². The summed E-state index contributed by atoms with van der Waals surface area (Å²) in [6.45, 7) is 8.33. The second-order valence-corrected chi connectivity index (χ2v) is 7.86. The van der Waals surface area contributed by atoms with Gasteiger partial charge in [-0.1, -0.05) is 29.8 Å². The molecule has 136 valence electrons. The quantitative estimate of drug-likeness (QED) is 0.631. The second-order valence-electron chi connectivity index (χ2n) is 6.81. The molecule has 1 amide bonds. The van der Waals surface area contributed by atoms with Crippen molar-refractivity contribution in [2.75, 3.05) is 5.75 Å². The fourth-order valence-corrected chi connectivity index (χ4v) is 3.75. The Kier molecular flexibility index (Phi) is 5.67. The van der Waals surface area contributed by atoms with Crippen LogP contribution in [0.15, 0.2) is 53.4 Å². The van der Waals surface area contributed by atoms with Gasteiger partial charge >= 0.3 is 0 Å². The molecule has 1 atom stereocenters. The molecule has 0 unspecified atom stereocenters. The summed E-state index contributed by atoms with van der Waals surface area (Å²) in [6, 6.07) is 16.5. The van der Waals surface area contributed by atoms with E-state index in [1.54, 1.807) is 11.8 Å². The zero-order chi connectivity index (χ0) is 18.7. The van der Waals surface area contributed by atoms with Crippen molar-refractivity contribution in [3.8, 4) is 0 Å². The third-order valence-electron chi connectivity index (χ3n) is 4.30. The summed E-state index contributed by atoms with van der Waals surface area (Å²) < 4.78 is 2.20. The van der Waals surface area contributed by atoms with Gasteiger partial charge in [-0.05, 0) is 52.0 Å². The van der Waals surface area contributed by atoms with Crippen LogP contribution in [0.5, 0.6) is 0 Å². The van der Waals surface area contributed by atoms with Crippen molar-refractivity contribution in [1.29, 1.82) is 0 Å². The Hall–Kier alpha value is -2.27. The Morgan fingerprint density at radius 2 is 1.81 bits per heavy atom. The summed E-state index contributed by atoms with van der Waals surface area (Å²) in [7, 11) is 0. The van der Waals surface area contributed by atoms with Gasteiger partial charge < -0.3 is 9.88 Å². The zero-order valence-corrected chi connectivity index (χ0v) is 16.5. The molecule has 0 saturated carbocycles. The van der Waals surface area contributed by atoms with Gasteiger partial charge in [0, 0.05) is 10.9 Å². The predicted molar refractivity (Wildman–Crippen MR) is 109 cm³/mol. The number of thioether (sulfide) groups is 1. The molecule has 4 nitrogen and oxygen atoms in total. The third kappa shape index (κ3) is 4.10. The van der Waals surface area contributed by atoms with Gasteiger partial charge in [-0.3, -0.25) is 4.79 Å². The minimum atomic E-state index is -0.143. The van der Waals surface area contributed by atoms with Gasteiger partial charge in [-0.2, -0.15) is 0 Å². The van der Waals surface area contributed by atoms with Crippen LogP contribution < -0.4 is 5.32 Å². The summed E-state index contributed by atoms with van der Waals surface area (Å²) in [5.41, 5.74) is 3.29. The predicted octanol–water partition coefficient (Wildman–Crippen LogP) is 4.90. The first-order chi connectivity index (χ1) is 12.5. The second kappa shape index (κ2) is 7.96. The summed E-state index contributed by atoms with van der Waals surface area (Å²) in [4.78, 5) is 18.3. The lowest BCUT2D eigenvalue weighted by Crippen LogP contribution is -2.30. The summed E-state index contributed by atoms with van der Waals surface area (Å²) in [6.07, 6.45) is 0. The highest BCUT2D eigenvalue weighted by atomic mass is 32.2. The maximum Gasteiger partial charge on any atom is 0.230 e. The minimum Gasteiger partial charge on any atom is -0.346 e. The highest BCUT2D eigenvalue weighted by Gasteiger charge is 2.19. The molecule has 0 fully saturated rings. The Labute approximate surface area is 159 Å². The van der Waals surface area contributed by atoms with Gasteiger partial charge in [0.1, 0.15) is 5.82 Å². The number of aromatic nitrogens is 2. The van der Waals surface area contributed by atoms with Crippen LogP contribution in [0, 0.1) is 6.92 Å². The molecule has 1 aromatic heterocycles. The van der Waals surface area contributed by atoms with Crippen LogP contribution in [-0.4, -0.2) is 21.2 Å². The van der Waals surface area contributed by atoms with Crippen LogP contribution in [0.1, 0.15) is 44.2 Å². The Morgan fingerprint density at radius 1 is 1.12 bits per heavy atom. The highest BCUT2D eigenvalue weighted by Crippen LogP contribution is 2.25. The maximum atomic E-state index is 12.4. The number of aryl methyl sites for hydroxylation is 1. The number of carbonyl (C=O) groups is 1. The molecule has 26 heavy (non-hydrogen) atoms. The van der Waals surface area contributed by atoms with E-state index in [0.29, 0.717) is 5.75 Å². The van der Waals surface area contributed by atoms with Crippen molar-refractivity contribution in [2.45, 2.75) is 44.7 Å². The third-order valence-corrected chi connectivity index (χ3v) is 5.31. The van der Waals surface area contributed by atoms with E-state index in [0.717, 1.165) is 21.8 Å². The first-order valence-electron chi connectivity index (χ1n) is 8.91. The van der Waals surface area contributed by atoms with Crippen molar-refractivity contribution in [2.24, 2.45) is 0 Å². The SMILES string of the molecule is Cc1ccc(SCC(=O)N[C@@H](C)c2nc3ccccc3n2C(C)C)cc1. The molecular weight excluding hydrogens is 342 g/mol.